The third-order valence-corrected chi connectivity index (χ3v) is 2.41. The summed E-state index contributed by atoms with van der Waals surface area (Å²) in [5, 5.41) is 3.97. The molecule has 6 heteroatoms. The Bertz CT molecular complexity index is 411. The molecule has 1 aromatic rings. The van der Waals surface area contributed by atoms with Gasteiger partial charge < -0.3 is 9.64 Å². The minimum atomic E-state index is -0.447. The van der Waals surface area contributed by atoms with Gasteiger partial charge in [0, 0.05) is 19.8 Å². The van der Waals surface area contributed by atoms with Crippen molar-refractivity contribution in [3.05, 3.63) is 17.5 Å². The van der Waals surface area contributed by atoms with Crippen LogP contribution in [0.5, 0.6) is 0 Å². The summed E-state index contributed by atoms with van der Waals surface area (Å²) in [7, 11) is 4.59. The van der Waals surface area contributed by atoms with Crippen LogP contribution in [0.4, 0.5) is 0 Å². The van der Waals surface area contributed by atoms with Crippen molar-refractivity contribution in [3.63, 3.8) is 0 Å². The van der Waals surface area contributed by atoms with Crippen molar-refractivity contribution in [1.29, 1.82) is 0 Å². The number of hydrogen-bond acceptors (Lipinski definition) is 4. The third kappa shape index (κ3) is 2.39. The summed E-state index contributed by atoms with van der Waals surface area (Å²) in [6.45, 7) is 1.73. The second-order valence-electron chi connectivity index (χ2n) is 3.50. The highest BCUT2D eigenvalue weighted by molar-refractivity contribution is 5.96. The van der Waals surface area contributed by atoms with Crippen LogP contribution < -0.4 is 0 Å². The average Bonchev–Trinajstić information content (AvgIpc) is 2.58. The second kappa shape index (κ2) is 4.78. The van der Waals surface area contributed by atoms with Crippen LogP contribution >= 0.6 is 0 Å². The molecule has 88 valence electrons. The Labute approximate surface area is 93.8 Å². The predicted octanol–water partition coefficient (Wildman–Crippen LogP) is -0.0265. The highest BCUT2D eigenvalue weighted by Crippen LogP contribution is 2.08. The molecule has 1 aromatic heterocycles. The van der Waals surface area contributed by atoms with Crippen LogP contribution in [-0.4, -0.2) is 47.3 Å². The first kappa shape index (κ1) is 12.2. The van der Waals surface area contributed by atoms with Crippen LogP contribution in [-0.2, 0) is 16.6 Å². The van der Waals surface area contributed by atoms with Crippen LogP contribution in [0.1, 0.15) is 16.1 Å². The number of rotatable bonds is 3. The SMILES string of the molecule is COC(=O)CN(C)C(=O)c1cnn(C)c1C. The van der Waals surface area contributed by atoms with E-state index in [1.54, 1.807) is 25.7 Å². The molecule has 16 heavy (non-hydrogen) atoms. The van der Waals surface area contributed by atoms with Crippen LogP contribution in [0.25, 0.3) is 0 Å². The molecule has 0 radical (unpaired) electrons. The van der Waals surface area contributed by atoms with E-state index >= 15 is 0 Å². The zero-order chi connectivity index (χ0) is 12.3. The number of methoxy groups -OCH3 is 1. The number of aromatic nitrogens is 2. The van der Waals surface area contributed by atoms with E-state index in [4.69, 9.17) is 0 Å². The lowest BCUT2D eigenvalue weighted by Gasteiger charge is -2.14. The zero-order valence-electron chi connectivity index (χ0n) is 9.85. The summed E-state index contributed by atoms with van der Waals surface area (Å²) in [5.74, 6) is -0.687. The Hall–Kier alpha value is -1.85. The van der Waals surface area contributed by atoms with Crippen LogP contribution in [0, 0.1) is 6.92 Å². The van der Waals surface area contributed by atoms with Crippen LogP contribution in [0.2, 0.25) is 0 Å². The van der Waals surface area contributed by atoms with Gasteiger partial charge in [-0.3, -0.25) is 14.3 Å². The van der Waals surface area contributed by atoms with Gasteiger partial charge in [-0.2, -0.15) is 5.10 Å². The molecule has 1 amide bonds. The maximum atomic E-state index is 11.9. The summed E-state index contributed by atoms with van der Waals surface area (Å²) in [6, 6.07) is 0. The maximum Gasteiger partial charge on any atom is 0.325 e. The summed E-state index contributed by atoms with van der Waals surface area (Å²) >= 11 is 0. The number of aryl methyl sites for hydroxylation is 1. The number of esters is 1. The summed E-state index contributed by atoms with van der Waals surface area (Å²) in [4.78, 5) is 24.2. The van der Waals surface area contributed by atoms with Gasteiger partial charge in [-0.05, 0) is 6.92 Å². The fraction of sp³-hybridized carbons (Fsp3) is 0.500. The Balaban J connectivity index is 2.78. The number of ether oxygens (including phenoxy) is 1. The molecular formula is C10H15N3O3. The van der Waals surface area contributed by atoms with Gasteiger partial charge >= 0.3 is 5.97 Å². The molecule has 0 fully saturated rings. The number of nitrogens with zero attached hydrogens (tertiary/aromatic N) is 3. The van der Waals surface area contributed by atoms with Gasteiger partial charge in [0.25, 0.3) is 5.91 Å². The van der Waals surface area contributed by atoms with Gasteiger partial charge in [0.2, 0.25) is 0 Å². The molecule has 0 aliphatic rings. The average molecular weight is 225 g/mol. The largest absolute Gasteiger partial charge is 0.468 e. The van der Waals surface area contributed by atoms with Crippen LogP contribution in [0.15, 0.2) is 6.20 Å². The molecule has 0 saturated carbocycles. The molecule has 0 N–H and O–H groups in total. The molecule has 0 atom stereocenters. The third-order valence-electron chi connectivity index (χ3n) is 2.41. The lowest BCUT2D eigenvalue weighted by Crippen LogP contribution is -2.32. The predicted molar refractivity (Wildman–Crippen MR) is 56.9 cm³/mol. The van der Waals surface area contributed by atoms with E-state index in [1.165, 1.54) is 18.2 Å². The van der Waals surface area contributed by atoms with Gasteiger partial charge in [0.15, 0.2) is 0 Å². The topological polar surface area (TPSA) is 64.4 Å². The normalized spacial score (nSPS) is 10.0. The van der Waals surface area contributed by atoms with E-state index in [9.17, 15) is 9.59 Å². The highest BCUT2D eigenvalue weighted by atomic mass is 16.5. The number of amides is 1. The molecule has 0 spiro atoms. The minimum Gasteiger partial charge on any atom is -0.468 e. The van der Waals surface area contributed by atoms with Gasteiger partial charge in [0.05, 0.1) is 18.9 Å². The van der Waals surface area contributed by atoms with E-state index in [0.29, 0.717) is 5.56 Å². The smallest absolute Gasteiger partial charge is 0.325 e. The number of likely N-dealkylation sites (N-methyl/N-ethyl adjacent to an activating group) is 1. The van der Waals surface area contributed by atoms with Gasteiger partial charge in [-0.25, -0.2) is 0 Å². The number of hydrogen-bond donors (Lipinski definition) is 0. The van der Waals surface area contributed by atoms with E-state index < -0.39 is 5.97 Å². The lowest BCUT2D eigenvalue weighted by molar-refractivity contribution is -0.141. The fourth-order valence-electron chi connectivity index (χ4n) is 1.24. The molecule has 0 aliphatic carbocycles. The van der Waals surface area contributed by atoms with E-state index in [2.05, 4.69) is 9.84 Å². The Morgan fingerprint density at radius 2 is 2.19 bits per heavy atom. The molecule has 1 rings (SSSR count). The summed E-state index contributed by atoms with van der Waals surface area (Å²) < 4.78 is 6.10. The molecule has 0 aromatic carbocycles. The van der Waals surface area contributed by atoms with Gasteiger partial charge in [0.1, 0.15) is 6.54 Å². The van der Waals surface area contributed by atoms with Crippen molar-refractivity contribution >= 4 is 11.9 Å². The first-order chi connectivity index (χ1) is 7.47. The minimum absolute atomic E-state index is 0.0658. The number of carbonyl (C=O) groups excluding carboxylic acids is 2. The zero-order valence-corrected chi connectivity index (χ0v) is 9.85. The standard InChI is InChI=1S/C10H15N3O3/c1-7-8(5-11-13(7)3)10(15)12(2)6-9(14)16-4/h5H,6H2,1-4H3. The molecule has 0 unspecified atom stereocenters. The second-order valence-corrected chi connectivity index (χ2v) is 3.50. The van der Waals surface area contributed by atoms with Crippen molar-refractivity contribution in [2.24, 2.45) is 7.05 Å². The quantitative estimate of drug-likeness (QED) is 0.678. The van der Waals surface area contributed by atoms with E-state index in [-0.39, 0.29) is 12.5 Å². The molecule has 0 aliphatic heterocycles. The van der Waals surface area contributed by atoms with Crippen molar-refractivity contribution in [2.45, 2.75) is 6.92 Å². The van der Waals surface area contributed by atoms with Gasteiger partial charge in [-0.1, -0.05) is 0 Å². The van der Waals surface area contributed by atoms with E-state index in [0.717, 1.165) is 5.69 Å². The molecule has 0 bridgehead atoms. The maximum absolute atomic E-state index is 11.9. The van der Waals surface area contributed by atoms with E-state index in [1.807, 2.05) is 0 Å². The Morgan fingerprint density at radius 1 is 1.56 bits per heavy atom. The lowest BCUT2D eigenvalue weighted by atomic mass is 10.2. The molecule has 6 nitrogen and oxygen atoms in total. The Kier molecular flexibility index (Phi) is 3.65. The fourth-order valence-corrected chi connectivity index (χ4v) is 1.24. The van der Waals surface area contributed by atoms with Crippen molar-refractivity contribution in [1.82, 2.24) is 14.7 Å². The molecule has 0 saturated heterocycles. The monoisotopic (exact) mass is 225 g/mol. The van der Waals surface area contributed by atoms with Crippen molar-refractivity contribution in [3.8, 4) is 0 Å². The highest BCUT2D eigenvalue weighted by Gasteiger charge is 2.19. The number of carbonyl (C=O) groups is 2. The molecule has 1 heterocycles. The van der Waals surface area contributed by atoms with Gasteiger partial charge in [-0.15, -0.1) is 0 Å². The Morgan fingerprint density at radius 3 is 2.62 bits per heavy atom. The summed E-state index contributed by atoms with van der Waals surface area (Å²) in [5.41, 5.74) is 1.26. The van der Waals surface area contributed by atoms with Crippen LogP contribution in [0.3, 0.4) is 0 Å². The first-order valence-electron chi connectivity index (χ1n) is 4.78. The van der Waals surface area contributed by atoms with Crippen molar-refractivity contribution in [2.75, 3.05) is 20.7 Å². The summed E-state index contributed by atoms with van der Waals surface area (Å²) in [6.07, 6.45) is 1.49. The van der Waals surface area contributed by atoms with Crippen molar-refractivity contribution < 1.29 is 14.3 Å². The first-order valence-corrected chi connectivity index (χ1v) is 4.78. The molecular weight excluding hydrogens is 210 g/mol.